The Morgan fingerprint density at radius 1 is 1.11 bits per heavy atom. The van der Waals surface area contributed by atoms with Crippen molar-refractivity contribution in [1.82, 2.24) is 4.90 Å². The van der Waals surface area contributed by atoms with Crippen molar-refractivity contribution >= 4 is 5.91 Å². The highest BCUT2D eigenvalue weighted by Gasteiger charge is 2.31. The Hall–Kier alpha value is -0.730. The van der Waals surface area contributed by atoms with Gasteiger partial charge in [-0.05, 0) is 6.42 Å². The molecular formula is C12H25NO6. The fraction of sp³-hybridized carbons (Fsp3) is 0.917. The van der Waals surface area contributed by atoms with Crippen LogP contribution in [0.3, 0.4) is 0 Å². The van der Waals surface area contributed by atoms with Crippen molar-refractivity contribution in [3.05, 3.63) is 0 Å². The lowest BCUT2D eigenvalue weighted by atomic mass is 10.0. The SMILES string of the molecule is CCCCC(=O)N(C)C[C@H](O)[C@@H](O)[C@H](O)[C@H](O)CO. The second-order valence-corrected chi connectivity index (χ2v) is 4.68. The van der Waals surface area contributed by atoms with Gasteiger partial charge >= 0.3 is 0 Å². The Kier molecular flexibility index (Phi) is 8.86. The van der Waals surface area contributed by atoms with Crippen LogP contribution >= 0.6 is 0 Å². The third-order valence-corrected chi connectivity index (χ3v) is 2.96. The van der Waals surface area contributed by atoms with E-state index in [9.17, 15) is 20.1 Å². The molecule has 4 atom stereocenters. The molecule has 5 N–H and O–H groups in total. The summed E-state index contributed by atoms with van der Waals surface area (Å²) in [5.74, 6) is -0.162. The van der Waals surface area contributed by atoms with Gasteiger partial charge in [0.05, 0.1) is 6.61 Å². The van der Waals surface area contributed by atoms with E-state index in [4.69, 9.17) is 10.2 Å². The molecule has 0 aromatic heterocycles. The molecule has 7 nitrogen and oxygen atoms in total. The van der Waals surface area contributed by atoms with Gasteiger partial charge in [0.15, 0.2) is 0 Å². The summed E-state index contributed by atoms with van der Waals surface area (Å²) < 4.78 is 0. The predicted octanol–water partition coefficient (Wildman–Crippen LogP) is -1.93. The molecule has 0 unspecified atom stereocenters. The molecule has 0 radical (unpaired) electrons. The van der Waals surface area contributed by atoms with Crippen molar-refractivity contribution in [3.8, 4) is 0 Å². The molecule has 0 fully saturated rings. The topological polar surface area (TPSA) is 121 Å². The molecule has 7 heteroatoms. The van der Waals surface area contributed by atoms with Crippen molar-refractivity contribution in [3.63, 3.8) is 0 Å². The van der Waals surface area contributed by atoms with Crippen LogP contribution in [-0.4, -0.2) is 81.0 Å². The predicted molar refractivity (Wildman–Crippen MR) is 68.3 cm³/mol. The maximum Gasteiger partial charge on any atom is 0.222 e. The van der Waals surface area contributed by atoms with Gasteiger partial charge in [0, 0.05) is 20.0 Å². The number of rotatable bonds is 9. The van der Waals surface area contributed by atoms with Gasteiger partial charge in [-0.15, -0.1) is 0 Å². The van der Waals surface area contributed by atoms with Crippen LogP contribution in [0.4, 0.5) is 0 Å². The Morgan fingerprint density at radius 3 is 2.11 bits per heavy atom. The molecule has 0 rings (SSSR count). The second-order valence-electron chi connectivity index (χ2n) is 4.68. The minimum Gasteiger partial charge on any atom is -0.394 e. The van der Waals surface area contributed by atoms with Gasteiger partial charge in [0.25, 0.3) is 0 Å². The summed E-state index contributed by atoms with van der Waals surface area (Å²) in [6.45, 7) is 1.08. The van der Waals surface area contributed by atoms with Crippen LogP contribution in [0.25, 0.3) is 0 Å². The summed E-state index contributed by atoms with van der Waals surface area (Å²) in [6.07, 6.45) is -4.25. The van der Waals surface area contributed by atoms with E-state index in [1.165, 1.54) is 11.9 Å². The zero-order valence-electron chi connectivity index (χ0n) is 11.4. The minimum atomic E-state index is -1.67. The van der Waals surface area contributed by atoms with Gasteiger partial charge in [0.1, 0.15) is 24.4 Å². The molecule has 0 saturated carbocycles. The third-order valence-electron chi connectivity index (χ3n) is 2.96. The maximum absolute atomic E-state index is 11.6. The highest BCUT2D eigenvalue weighted by molar-refractivity contribution is 5.75. The Morgan fingerprint density at radius 2 is 1.63 bits per heavy atom. The number of likely N-dealkylation sites (N-methyl/N-ethyl adjacent to an activating group) is 1. The molecule has 0 aliphatic heterocycles. The molecule has 0 aromatic rings. The highest BCUT2D eigenvalue weighted by Crippen LogP contribution is 2.07. The lowest BCUT2D eigenvalue weighted by Crippen LogP contribution is -2.49. The maximum atomic E-state index is 11.6. The normalized spacial score (nSPS) is 17.6. The molecular weight excluding hydrogens is 254 g/mol. The lowest BCUT2D eigenvalue weighted by Gasteiger charge is -2.28. The first kappa shape index (κ1) is 18.3. The molecule has 1 amide bonds. The van der Waals surface area contributed by atoms with Gasteiger partial charge in [-0.1, -0.05) is 13.3 Å². The number of hydrogen-bond acceptors (Lipinski definition) is 6. The van der Waals surface area contributed by atoms with Crippen LogP contribution in [0.2, 0.25) is 0 Å². The highest BCUT2D eigenvalue weighted by atomic mass is 16.4. The molecule has 114 valence electrons. The Bertz CT molecular complexity index is 263. The van der Waals surface area contributed by atoms with Crippen molar-refractivity contribution in [2.45, 2.75) is 50.6 Å². The number of aliphatic hydroxyl groups is 5. The van der Waals surface area contributed by atoms with Crippen LogP contribution in [0.1, 0.15) is 26.2 Å². The first-order valence-electron chi connectivity index (χ1n) is 6.42. The number of aliphatic hydroxyl groups excluding tert-OH is 5. The molecule has 0 aromatic carbocycles. The molecule has 0 bridgehead atoms. The van der Waals surface area contributed by atoms with Gasteiger partial charge in [-0.25, -0.2) is 0 Å². The zero-order valence-corrected chi connectivity index (χ0v) is 11.4. The van der Waals surface area contributed by atoms with Crippen molar-refractivity contribution in [2.24, 2.45) is 0 Å². The van der Waals surface area contributed by atoms with Gasteiger partial charge in [0.2, 0.25) is 5.91 Å². The monoisotopic (exact) mass is 279 g/mol. The third kappa shape index (κ3) is 6.31. The first-order chi connectivity index (χ1) is 8.84. The summed E-state index contributed by atoms with van der Waals surface area (Å²) >= 11 is 0. The van der Waals surface area contributed by atoms with Gasteiger partial charge in [-0.2, -0.15) is 0 Å². The van der Waals surface area contributed by atoms with Gasteiger partial charge in [-0.3, -0.25) is 4.79 Å². The summed E-state index contributed by atoms with van der Waals surface area (Å²) in [7, 11) is 1.49. The van der Waals surface area contributed by atoms with E-state index in [0.717, 1.165) is 12.8 Å². The largest absolute Gasteiger partial charge is 0.394 e. The molecule has 0 aliphatic carbocycles. The minimum absolute atomic E-state index is 0.154. The van der Waals surface area contributed by atoms with E-state index >= 15 is 0 Å². The fourth-order valence-electron chi connectivity index (χ4n) is 1.57. The number of amides is 1. The molecule has 0 spiro atoms. The van der Waals surface area contributed by atoms with Crippen LogP contribution in [0, 0.1) is 0 Å². The van der Waals surface area contributed by atoms with Gasteiger partial charge < -0.3 is 30.4 Å². The van der Waals surface area contributed by atoms with E-state index < -0.39 is 31.0 Å². The van der Waals surface area contributed by atoms with Crippen LogP contribution in [0.15, 0.2) is 0 Å². The van der Waals surface area contributed by atoms with E-state index in [1.807, 2.05) is 6.92 Å². The smallest absolute Gasteiger partial charge is 0.222 e. The van der Waals surface area contributed by atoms with E-state index in [2.05, 4.69) is 0 Å². The Balaban J connectivity index is 4.27. The average Bonchev–Trinajstić information content (AvgIpc) is 2.41. The number of hydrogen-bond donors (Lipinski definition) is 5. The summed E-state index contributed by atoms with van der Waals surface area (Å²) in [4.78, 5) is 12.9. The summed E-state index contributed by atoms with van der Waals surface area (Å²) in [5.41, 5.74) is 0. The van der Waals surface area contributed by atoms with Crippen LogP contribution in [-0.2, 0) is 4.79 Å². The standard InChI is InChI=1S/C12H25NO6/c1-3-4-5-10(17)13(2)6-8(15)11(18)12(19)9(16)7-14/h8-9,11-12,14-16,18-19H,3-7H2,1-2H3/t8-,9+,11+,12+/m0/s1. The number of unbranched alkanes of at least 4 members (excludes halogenated alkanes) is 1. The van der Waals surface area contributed by atoms with E-state index in [1.54, 1.807) is 0 Å². The van der Waals surface area contributed by atoms with E-state index in [-0.39, 0.29) is 12.5 Å². The van der Waals surface area contributed by atoms with Crippen molar-refractivity contribution in [1.29, 1.82) is 0 Å². The van der Waals surface area contributed by atoms with Crippen LogP contribution in [0.5, 0.6) is 0 Å². The molecule has 0 aliphatic rings. The summed E-state index contributed by atoms with van der Waals surface area (Å²) in [6, 6.07) is 0. The number of carbonyl (C=O) groups excluding carboxylic acids is 1. The molecule has 0 saturated heterocycles. The van der Waals surface area contributed by atoms with Crippen molar-refractivity contribution < 1.29 is 30.3 Å². The number of carbonyl (C=O) groups is 1. The average molecular weight is 279 g/mol. The van der Waals surface area contributed by atoms with Crippen molar-refractivity contribution in [2.75, 3.05) is 20.2 Å². The Labute approximate surface area is 113 Å². The van der Waals surface area contributed by atoms with Crippen LogP contribution < -0.4 is 0 Å². The quantitative estimate of drug-likeness (QED) is 0.335. The summed E-state index contributed by atoms with van der Waals surface area (Å²) in [5, 5.41) is 46.5. The number of nitrogens with zero attached hydrogens (tertiary/aromatic N) is 1. The lowest BCUT2D eigenvalue weighted by molar-refractivity contribution is -0.138. The van der Waals surface area contributed by atoms with E-state index in [0.29, 0.717) is 6.42 Å². The molecule has 19 heavy (non-hydrogen) atoms. The zero-order chi connectivity index (χ0) is 15.0. The fourth-order valence-corrected chi connectivity index (χ4v) is 1.57. The first-order valence-corrected chi connectivity index (χ1v) is 6.42. The molecule has 0 heterocycles. The second kappa shape index (κ2) is 9.22.